The zero-order valence-electron chi connectivity index (χ0n) is 11.3. The third kappa shape index (κ3) is 4.84. The van der Waals surface area contributed by atoms with E-state index in [0.717, 1.165) is 23.7 Å². The normalized spacial score (nSPS) is 24.8. The monoisotopic (exact) mass is 384 g/mol. The summed E-state index contributed by atoms with van der Waals surface area (Å²) in [6, 6.07) is 4.47. The SMILES string of the molecule is FC(F)(F)[C@H](N[C@H]1CCC[C@@H](NCl)C1)c1ccc(Br)cc1. The summed E-state index contributed by atoms with van der Waals surface area (Å²) in [6.45, 7) is 0. The highest BCUT2D eigenvalue weighted by Crippen LogP contribution is 2.35. The molecule has 118 valence electrons. The second-order valence-corrected chi connectivity index (χ2v) is 6.50. The molecule has 2 N–H and O–H groups in total. The highest BCUT2D eigenvalue weighted by Gasteiger charge is 2.42. The van der Waals surface area contributed by atoms with Gasteiger partial charge in [0.1, 0.15) is 6.04 Å². The minimum Gasteiger partial charge on any atom is -0.300 e. The molecule has 0 amide bonds. The van der Waals surface area contributed by atoms with Crippen LogP contribution in [0.1, 0.15) is 37.3 Å². The third-order valence-corrected chi connectivity index (χ3v) is 4.60. The van der Waals surface area contributed by atoms with E-state index in [1.165, 1.54) is 12.1 Å². The van der Waals surface area contributed by atoms with Crippen LogP contribution in [0.4, 0.5) is 13.2 Å². The second kappa shape index (κ2) is 7.31. The van der Waals surface area contributed by atoms with Gasteiger partial charge in [0, 0.05) is 16.6 Å². The van der Waals surface area contributed by atoms with E-state index in [1.807, 2.05) is 0 Å². The van der Waals surface area contributed by atoms with Gasteiger partial charge in [-0.05, 0) is 48.7 Å². The summed E-state index contributed by atoms with van der Waals surface area (Å²) in [7, 11) is 0. The van der Waals surface area contributed by atoms with Crippen LogP contribution in [-0.2, 0) is 0 Å². The van der Waals surface area contributed by atoms with Crippen LogP contribution in [-0.4, -0.2) is 18.3 Å². The van der Waals surface area contributed by atoms with E-state index in [4.69, 9.17) is 11.8 Å². The Hall–Kier alpha value is -0.300. The predicted octanol–water partition coefficient (Wildman–Crippen LogP) is 4.70. The van der Waals surface area contributed by atoms with Crippen molar-refractivity contribution in [1.29, 1.82) is 0 Å². The molecule has 0 bridgehead atoms. The van der Waals surface area contributed by atoms with Gasteiger partial charge in [-0.25, -0.2) is 4.84 Å². The van der Waals surface area contributed by atoms with Gasteiger partial charge in [0.25, 0.3) is 0 Å². The van der Waals surface area contributed by atoms with Crippen LogP contribution in [0.25, 0.3) is 0 Å². The van der Waals surface area contributed by atoms with E-state index in [2.05, 4.69) is 26.1 Å². The van der Waals surface area contributed by atoms with Gasteiger partial charge in [-0.1, -0.05) is 34.5 Å². The van der Waals surface area contributed by atoms with Gasteiger partial charge in [-0.2, -0.15) is 13.2 Å². The maximum absolute atomic E-state index is 13.3. The van der Waals surface area contributed by atoms with Crippen molar-refractivity contribution < 1.29 is 13.2 Å². The summed E-state index contributed by atoms with van der Waals surface area (Å²) >= 11 is 8.84. The Morgan fingerprint density at radius 3 is 2.33 bits per heavy atom. The first-order valence-corrected chi connectivity index (χ1v) is 8.01. The van der Waals surface area contributed by atoms with E-state index < -0.39 is 12.2 Å². The molecule has 0 radical (unpaired) electrons. The van der Waals surface area contributed by atoms with Crippen LogP contribution in [0.5, 0.6) is 0 Å². The summed E-state index contributed by atoms with van der Waals surface area (Å²) in [5.74, 6) is 0. The summed E-state index contributed by atoms with van der Waals surface area (Å²) in [4.78, 5) is 2.64. The molecule has 21 heavy (non-hydrogen) atoms. The Kier molecular flexibility index (Phi) is 5.94. The van der Waals surface area contributed by atoms with Crippen LogP contribution in [0.15, 0.2) is 28.7 Å². The average molecular weight is 386 g/mol. The average Bonchev–Trinajstić information content (AvgIpc) is 2.45. The van der Waals surface area contributed by atoms with E-state index in [0.29, 0.717) is 6.42 Å². The number of halogens is 5. The molecule has 0 aliphatic heterocycles. The first-order valence-electron chi connectivity index (χ1n) is 6.84. The predicted molar refractivity (Wildman–Crippen MR) is 81.1 cm³/mol. The summed E-state index contributed by atoms with van der Waals surface area (Å²) < 4.78 is 40.7. The maximum atomic E-state index is 13.3. The molecule has 0 unspecified atom stereocenters. The Morgan fingerprint density at radius 2 is 1.76 bits per heavy atom. The smallest absolute Gasteiger partial charge is 0.300 e. The fourth-order valence-electron chi connectivity index (χ4n) is 2.71. The molecule has 2 nitrogen and oxygen atoms in total. The highest BCUT2D eigenvalue weighted by molar-refractivity contribution is 9.10. The van der Waals surface area contributed by atoms with Gasteiger partial charge < -0.3 is 0 Å². The van der Waals surface area contributed by atoms with Gasteiger partial charge in [0.05, 0.1) is 0 Å². The van der Waals surface area contributed by atoms with E-state index in [9.17, 15) is 13.2 Å². The fraction of sp³-hybridized carbons (Fsp3) is 0.571. The standard InChI is InChI=1S/C14H17BrClF3N2/c15-10-6-4-9(5-7-10)13(14(17,18)19)20-11-2-1-3-12(8-11)21-16/h4-7,11-13,20-21H,1-3,8H2/t11-,12+,13+/m0/s1. The van der Waals surface area contributed by atoms with Crippen molar-refractivity contribution in [3.05, 3.63) is 34.3 Å². The maximum Gasteiger partial charge on any atom is 0.407 e. The largest absolute Gasteiger partial charge is 0.407 e. The number of alkyl halides is 3. The molecule has 1 aromatic rings. The van der Waals surface area contributed by atoms with Gasteiger partial charge in [-0.15, -0.1) is 0 Å². The Bertz CT molecular complexity index is 453. The van der Waals surface area contributed by atoms with Crippen LogP contribution < -0.4 is 10.2 Å². The molecule has 2 rings (SSSR count). The topological polar surface area (TPSA) is 24.1 Å². The van der Waals surface area contributed by atoms with Crippen molar-refractivity contribution in [2.24, 2.45) is 0 Å². The third-order valence-electron chi connectivity index (χ3n) is 3.76. The lowest BCUT2D eigenvalue weighted by Crippen LogP contribution is -2.45. The lowest BCUT2D eigenvalue weighted by Gasteiger charge is -2.33. The molecule has 0 heterocycles. The molecule has 0 spiro atoms. The van der Waals surface area contributed by atoms with Gasteiger partial charge in [-0.3, -0.25) is 5.32 Å². The van der Waals surface area contributed by atoms with E-state index in [1.54, 1.807) is 12.1 Å². The molecule has 0 aromatic heterocycles. The van der Waals surface area contributed by atoms with Crippen molar-refractivity contribution in [2.75, 3.05) is 0 Å². The minimum atomic E-state index is -4.32. The molecule has 1 fully saturated rings. The molecule has 7 heteroatoms. The summed E-state index contributed by atoms with van der Waals surface area (Å²) in [6.07, 6.45) is -1.22. The van der Waals surface area contributed by atoms with Crippen LogP contribution >= 0.6 is 27.7 Å². The first-order chi connectivity index (χ1) is 9.90. The van der Waals surface area contributed by atoms with Crippen LogP contribution in [0.2, 0.25) is 0 Å². The van der Waals surface area contributed by atoms with Gasteiger partial charge in [0.15, 0.2) is 0 Å². The zero-order valence-corrected chi connectivity index (χ0v) is 13.6. The second-order valence-electron chi connectivity index (χ2n) is 5.36. The van der Waals surface area contributed by atoms with Crippen molar-refractivity contribution in [1.82, 2.24) is 10.2 Å². The van der Waals surface area contributed by atoms with Crippen LogP contribution in [0.3, 0.4) is 0 Å². The summed E-state index contributed by atoms with van der Waals surface area (Å²) in [5.41, 5.74) is 0.228. The summed E-state index contributed by atoms with van der Waals surface area (Å²) in [5, 5.41) is 2.76. The fourth-order valence-corrected chi connectivity index (χ4v) is 3.17. The molecular weight excluding hydrogens is 369 g/mol. The van der Waals surface area contributed by atoms with Gasteiger partial charge in [0.2, 0.25) is 0 Å². The van der Waals surface area contributed by atoms with Crippen LogP contribution in [0, 0.1) is 0 Å². The number of rotatable bonds is 4. The van der Waals surface area contributed by atoms with E-state index in [-0.39, 0.29) is 17.6 Å². The molecule has 1 saturated carbocycles. The zero-order chi connectivity index (χ0) is 15.5. The molecule has 1 aliphatic rings. The highest BCUT2D eigenvalue weighted by atomic mass is 79.9. The van der Waals surface area contributed by atoms with Crippen molar-refractivity contribution in [2.45, 2.75) is 50.0 Å². The van der Waals surface area contributed by atoms with Crippen molar-refractivity contribution >= 4 is 27.7 Å². The van der Waals surface area contributed by atoms with Crippen molar-refractivity contribution in [3.8, 4) is 0 Å². The molecule has 0 saturated heterocycles. The molecular formula is C14H17BrClF3N2. The van der Waals surface area contributed by atoms with Crippen molar-refractivity contribution in [3.63, 3.8) is 0 Å². The molecule has 1 aromatic carbocycles. The minimum absolute atomic E-state index is 0.0664. The quantitative estimate of drug-likeness (QED) is 0.734. The number of benzene rings is 1. The number of hydrogen-bond donors (Lipinski definition) is 2. The first kappa shape index (κ1) is 17.1. The lowest BCUT2D eigenvalue weighted by atomic mass is 9.90. The lowest BCUT2D eigenvalue weighted by molar-refractivity contribution is -0.160. The number of nitrogens with one attached hydrogen (secondary N) is 2. The Balaban J connectivity index is 2.12. The van der Waals surface area contributed by atoms with E-state index >= 15 is 0 Å². The Labute approximate surface area is 135 Å². The Morgan fingerprint density at radius 1 is 1.14 bits per heavy atom. The van der Waals surface area contributed by atoms with Gasteiger partial charge >= 0.3 is 6.18 Å². The molecule has 1 aliphatic carbocycles. The molecule has 3 atom stereocenters. The number of hydrogen-bond acceptors (Lipinski definition) is 2.